The maximum Gasteiger partial charge on any atom is 0.0600 e. The molecule has 1 saturated carbocycles. The van der Waals surface area contributed by atoms with Gasteiger partial charge in [-0.15, -0.1) is 0 Å². The van der Waals surface area contributed by atoms with Crippen molar-refractivity contribution in [1.82, 2.24) is 10.3 Å². The zero-order valence-corrected chi connectivity index (χ0v) is 12.5. The average Bonchev–Trinajstić information content (AvgIpc) is 2.91. The van der Waals surface area contributed by atoms with Crippen LogP contribution in [0.1, 0.15) is 45.1 Å². The minimum Gasteiger partial charge on any atom is -0.367 e. The predicted octanol–water partition coefficient (Wildman–Crippen LogP) is 3.21. The SMILES string of the molecule is CNCc1ccncc1N(CC(C)C)C1CCCC1. The van der Waals surface area contributed by atoms with Crippen molar-refractivity contribution in [2.75, 3.05) is 18.5 Å². The number of hydrogen-bond donors (Lipinski definition) is 1. The van der Waals surface area contributed by atoms with Gasteiger partial charge in [-0.1, -0.05) is 26.7 Å². The second kappa shape index (κ2) is 6.90. The van der Waals surface area contributed by atoms with E-state index in [0.29, 0.717) is 12.0 Å². The molecule has 1 aromatic rings. The molecular weight excluding hydrogens is 234 g/mol. The smallest absolute Gasteiger partial charge is 0.0600 e. The molecule has 1 aromatic heterocycles. The highest BCUT2D eigenvalue weighted by Gasteiger charge is 2.25. The van der Waals surface area contributed by atoms with Crippen LogP contribution >= 0.6 is 0 Å². The Hall–Kier alpha value is -1.09. The van der Waals surface area contributed by atoms with E-state index in [9.17, 15) is 0 Å². The number of hydrogen-bond acceptors (Lipinski definition) is 3. The van der Waals surface area contributed by atoms with Gasteiger partial charge in [0.15, 0.2) is 0 Å². The molecule has 0 atom stereocenters. The molecule has 1 aliphatic rings. The first-order valence-corrected chi connectivity index (χ1v) is 7.56. The average molecular weight is 261 g/mol. The summed E-state index contributed by atoms with van der Waals surface area (Å²) in [5.41, 5.74) is 2.70. The second-order valence-electron chi connectivity index (χ2n) is 6.02. The summed E-state index contributed by atoms with van der Waals surface area (Å²) >= 11 is 0. The molecule has 0 bridgehead atoms. The topological polar surface area (TPSA) is 28.2 Å². The third kappa shape index (κ3) is 3.69. The van der Waals surface area contributed by atoms with Crippen molar-refractivity contribution in [3.8, 4) is 0 Å². The van der Waals surface area contributed by atoms with E-state index in [1.807, 2.05) is 19.4 Å². The van der Waals surface area contributed by atoms with Crippen molar-refractivity contribution >= 4 is 5.69 Å². The molecule has 0 saturated heterocycles. The lowest BCUT2D eigenvalue weighted by atomic mass is 10.1. The van der Waals surface area contributed by atoms with Gasteiger partial charge < -0.3 is 10.2 Å². The lowest BCUT2D eigenvalue weighted by Crippen LogP contribution is -2.37. The van der Waals surface area contributed by atoms with Crippen molar-refractivity contribution in [1.29, 1.82) is 0 Å². The first kappa shape index (κ1) is 14.3. The van der Waals surface area contributed by atoms with E-state index in [0.717, 1.165) is 13.1 Å². The van der Waals surface area contributed by atoms with E-state index >= 15 is 0 Å². The Balaban J connectivity index is 2.25. The normalized spacial score (nSPS) is 16.2. The van der Waals surface area contributed by atoms with E-state index in [1.54, 1.807) is 0 Å². The van der Waals surface area contributed by atoms with Crippen LogP contribution in [0.3, 0.4) is 0 Å². The molecule has 1 aliphatic carbocycles. The first-order valence-electron chi connectivity index (χ1n) is 7.56. The molecule has 0 radical (unpaired) electrons. The molecule has 0 aromatic carbocycles. The molecule has 0 unspecified atom stereocenters. The summed E-state index contributed by atoms with van der Waals surface area (Å²) in [6.07, 6.45) is 9.37. The number of pyridine rings is 1. The van der Waals surface area contributed by atoms with E-state index in [4.69, 9.17) is 0 Å². The van der Waals surface area contributed by atoms with Crippen LogP contribution < -0.4 is 10.2 Å². The minimum absolute atomic E-state index is 0.684. The summed E-state index contributed by atoms with van der Waals surface area (Å²) < 4.78 is 0. The molecule has 3 heteroatoms. The van der Waals surface area contributed by atoms with Gasteiger partial charge in [0.05, 0.1) is 11.9 Å². The quantitative estimate of drug-likeness (QED) is 0.852. The van der Waals surface area contributed by atoms with Gasteiger partial charge in [0.2, 0.25) is 0 Å². The highest BCUT2D eigenvalue weighted by Crippen LogP contribution is 2.30. The van der Waals surface area contributed by atoms with Gasteiger partial charge >= 0.3 is 0 Å². The molecule has 0 spiro atoms. The van der Waals surface area contributed by atoms with Crippen LogP contribution in [0.4, 0.5) is 5.69 Å². The zero-order valence-electron chi connectivity index (χ0n) is 12.5. The Labute approximate surface area is 117 Å². The van der Waals surface area contributed by atoms with Gasteiger partial charge in [-0.25, -0.2) is 0 Å². The largest absolute Gasteiger partial charge is 0.367 e. The van der Waals surface area contributed by atoms with E-state index in [2.05, 4.69) is 35.1 Å². The van der Waals surface area contributed by atoms with Crippen molar-refractivity contribution in [3.05, 3.63) is 24.0 Å². The standard InChI is InChI=1S/C16H27N3/c1-13(2)12-19(15-6-4-5-7-15)16-11-18-9-8-14(16)10-17-3/h8-9,11,13,15,17H,4-7,10,12H2,1-3H3. The maximum absolute atomic E-state index is 4.36. The summed E-state index contributed by atoms with van der Waals surface area (Å²) in [4.78, 5) is 6.97. The van der Waals surface area contributed by atoms with E-state index in [1.165, 1.54) is 36.9 Å². The Morgan fingerprint density at radius 3 is 2.74 bits per heavy atom. The van der Waals surface area contributed by atoms with Gasteiger partial charge in [0, 0.05) is 25.3 Å². The molecule has 1 fully saturated rings. The van der Waals surface area contributed by atoms with Crippen LogP contribution in [0.25, 0.3) is 0 Å². The summed E-state index contributed by atoms with van der Waals surface area (Å²) in [7, 11) is 2.01. The van der Waals surface area contributed by atoms with Gasteiger partial charge in [0.1, 0.15) is 0 Å². The zero-order chi connectivity index (χ0) is 13.7. The maximum atomic E-state index is 4.36. The van der Waals surface area contributed by atoms with Gasteiger partial charge in [-0.05, 0) is 37.4 Å². The third-order valence-corrected chi connectivity index (χ3v) is 3.89. The molecule has 3 nitrogen and oxygen atoms in total. The monoisotopic (exact) mass is 261 g/mol. The van der Waals surface area contributed by atoms with Crippen LogP contribution in [0.15, 0.2) is 18.5 Å². The molecule has 106 valence electrons. The van der Waals surface area contributed by atoms with Crippen LogP contribution in [0.2, 0.25) is 0 Å². The third-order valence-electron chi connectivity index (χ3n) is 3.89. The van der Waals surface area contributed by atoms with Crippen LogP contribution in [0.5, 0.6) is 0 Å². The highest BCUT2D eigenvalue weighted by molar-refractivity contribution is 5.52. The molecule has 0 aliphatic heterocycles. The number of nitrogens with zero attached hydrogens (tertiary/aromatic N) is 2. The fourth-order valence-electron chi connectivity index (χ4n) is 3.07. The lowest BCUT2D eigenvalue weighted by molar-refractivity contribution is 0.533. The molecule has 19 heavy (non-hydrogen) atoms. The van der Waals surface area contributed by atoms with Crippen molar-refractivity contribution in [3.63, 3.8) is 0 Å². The number of aromatic nitrogens is 1. The van der Waals surface area contributed by atoms with Crippen molar-refractivity contribution in [2.24, 2.45) is 5.92 Å². The van der Waals surface area contributed by atoms with Crippen molar-refractivity contribution in [2.45, 2.75) is 52.1 Å². The Morgan fingerprint density at radius 2 is 2.11 bits per heavy atom. The molecular formula is C16H27N3. The van der Waals surface area contributed by atoms with Crippen LogP contribution in [-0.4, -0.2) is 24.6 Å². The molecule has 0 amide bonds. The van der Waals surface area contributed by atoms with Gasteiger partial charge in [-0.3, -0.25) is 4.98 Å². The second-order valence-corrected chi connectivity index (χ2v) is 6.02. The van der Waals surface area contributed by atoms with Gasteiger partial charge in [-0.2, -0.15) is 0 Å². The fraction of sp³-hybridized carbons (Fsp3) is 0.688. The Morgan fingerprint density at radius 1 is 1.37 bits per heavy atom. The fourth-order valence-corrected chi connectivity index (χ4v) is 3.07. The Bertz CT molecular complexity index is 383. The summed E-state index contributed by atoms with van der Waals surface area (Å²) in [5.74, 6) is 0.684. The van der Waals surface area contributed by atoms with E-state index in [-0.39, 0.29) is 0 Å². The molecule has 2 rings (SSSR count). The van der Waals surface area contributed by atoms with Gasteiger partial charge in [0.25, 0.3) is 0 Å². The summed E-state index contributed by atoms with van der Waals surface area (Å²) in [6, 6.07) is 2.86. The van der Waals surface area contributed by atoms with Crippen LogP contribution in [-0.2, 0) is 6.54 Å². The lowest BCUT2D eigenvalue weighted by Gasteiger charge is -2.34. The first-order chi connectivity index (χ1) is 9.22. The van der Waals surface area contributed by atoms with E-state index < -0.39 is 0 Å². The van der Waals surface area contributed by atoms with Crippen molar-refractivity contribution < 1.29 is 0 Å². The summed E-state index contributed by atoms with van der Waals surface area (Å²) in [5, 5.41) is 3.27. The van der Waals surface area contributed by atoms with Crippen LogP contribution in [0, 0.1) is 5.92 Å². The number of rotatable bonds is 6. The molecule has 1 heterocycles. The molecule has 1 N–H and O–H groups in total. The number of anilines is 1. The predicted molar refractivity (Wildman–Crippen MR) is 81.4 cm³/mol. The Kier molecular flexibility index (Phi) is 5.20. The summed E-state index contributed by atoms with van der Waals surface area (Å²) in [6.45, 7) is 6.65. The number of nitrogens with one attached hydrogen (secondary N) is 1. The minimum atomic E-state index is 0.684. The highest BCUT2D eigenvalue weighted by atomic mass is 15.2.